The van der Waals surface area contributed by atoms with Crippen molar-refractivity contribution in [1.29, 1.82) is 0 Å². The van der Waals surface area contributed by atoms with E-state index in [1.807, 2.05) is 20.8 Å². The quantitative estimate of drug-likeness (QED) is 0.741. The second-order valence-electron chi connectivity index (χ2n) is 3.61. The zero-order valence-corrected chi connectivity index (χ0v) is 9.60. The average molecular weight is 232 g/mol. The van der Waals surface area contributed by atoms with Crippen LogP contribution in [0.4, 0.5) is 19.0 Å². The van der Waals surface area contributed by atoms with E-state index in [0.29, 0.717) is 12.6 Å². The Bertz CT molecular complexity index is 368. The highest BCUT2D eigenvalue weighted by Gasteiger charge is 2.19. The molecule has 0 amide bonds. The molecule has 1 atom stereocenters. The minimum Gasteiger partial charge on any atom is -0.352 e. The first-order valence-corrected chi connectivity index (χ1v) is 5.29. The molecule has 0 aliphatic rings. The van der Waals surface area contributed by atoms with Gasteiger partial charge in [-0.15, -0.1) is 0 Å². The van der Waals surface area contributed by atoms with Crippen LogP contribution >= 0.6 is 0 Å². The minimum atomic E-state index is -1.27. The summed E-state index contributed by atoms with van der Waals surface area (Å²) in [6, 6.07) is 0.555. The van der Waals surface area contributed by atoms with Gasteiger partial charge in [-0.2, -0.15) is 9.37 Å². The molecular weight excluding hydrogens is 217 g/mol. The molecule has 0 N–H and O–H groups in total. The van der Waals surface area contributed by atoms with Gasteiger partial charge in [0.05, 0.1) is 0 Å². The van der Waals surface area contributed by atoms with Crippen LogP contribution in [0.5, 0.6) is 0 Å². The smallest absolute Gasteiger partial charge is 0.251 e. The van der Waals surface area contributed by atoms with Gasteiger partial charge in [-0.1, -0.05) is 6.92 Å². The van der Waals surface area contributed by atoms with E-state index in [9.17, 15) is 13.2 Å². The summed E-state index contributed by atoms with van der Waals surface area (Å²) in [7, 11) is 0. The molecule has 2 nitrogen and oxygen atoms in total. The van der Waals surface area contributed by atoms with E-state index in [1.54, 1.807) is 4.90 Å². The van der Waals surface area contributed by atoms with E-state index in [-0.39, 0.29) is 11.9 Å². The molecule has 0 saturated carbocycles. The maximum Gasteiger partial charge on any atom is 0.251 e. The van der Waals surface area contributed by atoms with Crippen LogP contribution in [0.15, 0.2) is 6.07 Å². The third-order valence-corrected chi connectivity index (χ3v) is 2.60. The summed E-state index contributed by atoms with van der Waals surface area (Å²) >= 11 is 0. The molecule has 1 aromatic rings. The van der Waals surface area contributed by atoms with E-state index in [2.05, 4.69) is 4.98 Å². The lowest BCUT2D eigenvalue weighted by Crippen LogP contribution is -2.34. The molecule has 0 aliphatic heterocycles. The van der Waals surface area contributed by atoms with Crippen molar-refractivity contribution in [2.24, 2.45) is 0 Å². The molecule has 0 fully saturated rings. The van der Waals surface area contributed by atoms with Crippen LogP contribution in [-0.4, -0.2) is 17.6 Å². The van der Waals surface area contributed by atoms with Gasteiger partial charge in [-0.3, -0.25) is 0 Å². The van der Waals surface area contributed by atoms with Crippen molar-refractivity contribution >= 4 is 5.82 Å². The summed E-state index contributed by atoms with van der Waals surface area (Å²) in [6.07, 6.45) is 0.772. The van der Waals surface area contributed by atoms with Crippen molar-refractivity contribution in [3.8, 4) is 0 Å². The van der Waals surface area contributed by atoms with Crippen molar-refractivity contribution in [2.45, 2.75) is 33.2 Å². The summed E-state index contributed by atoms with van der Waals surface area (Å²) in [5.41, 5.74) is 0. The summed E-state index contributed by atoms with van der Waals surface area (Å²) in [6.45, 7) is 6.12. The maximum absolute atomic E-state index is 13.5. The maximum atomic E-state index is 13.5. The number of hydrogen-bond acceptors (Lipinski definition) is 2. The van der Waals surface area contributed by atoms with E-state index >= 15 is 0 Å². The van der Waals surface area contributed by atoms with Crippen LogP contribution in [0, 0.1) is 17.6 Å². The first kappa shape index (κ1) is 12.8. The van der Waals surface area contributed by atoms with Gasteiger partial charge in [-0.05, 0) is 20.3 Å². The van der Waals surface area contributed by atoms with E-state index in [0.717, 1.165) is 6.42 Å². The van der Waals surface area contributed by atoms with E-state index in [4.69, 9.17) is 0 Å². The van der Waals surface area contributed by atoms with Crippen LogP contribution < -0.4 is 4.90 Å². The molecule has 0 saturated heterocycles. The fraction of sp³-hybridized carbons (Fsp3) is 0.545. The number of hydrogen-bond donors (Lipinski definition) is 0. The molecule has 5 heteroatoms. The van der Waals surface area contributed by atoms with Crippen LogP contribution in [0.2, 0.25) is 0 Å². The highest BCUT2D eigenvalue weighted by Crippen LogP contribution is 2.21. The lowest BCUT2D eigenvalue weighted by Gasteiger charge is -2.28. The van der Waals surface area contributed by atoms with Crippen molar-refractivity contribution in [3.63, 3.8) is 0 Å². The van der Waals surface area contributed by atoms with Crippen molar-refractivity contribution in [1.82, 2.24) is 4.98 Å². The lowest BCUT2D eigenvalue weighted by molar-refractivity contribution is 0.459. The summed E-state index contributed by atoms with van der Waals surface area (Å²) < 4.78 is 39.1. The molecule has 16 heavy (non-hydrogen) atoms. The Balaban J connectivity index is 3.15. The summed E-state index contributed by atoms with van der Waals surface area (Å²) in [5, 5.41) is 0. The van der Waals surface area contributed by atoms with Gasteiger partial charge in [0.15, 0.2) is 17.5 Å². The number of aromatic nitrogens is 1. The molecule has 1 heterocycles. The Kier molecular flexibility index (Phi) is 4.15. The van der Waals surface area contributed by atoms with Crippen LogP contribution in [0.3, 0.4) is 0 Å². The van der Waals surface area contributed by atoms with Gasteiger partial charge in [0, 0.05) is 18.7 Å². The van der Waals surface area contributed by atoms with Crippen LogP contribution in [-0.2, 0) is 0 Å². The average Bonchev–Trinajstić information content (AvgIpc) is 2.26. The van der Waals surface area contributed by atoms with E-state index < -0.39 is 17.6 Å². The number of halogens is 3. The number of anilines is 1. The van der Waals surface area contributed by atoms with Gasteiger partial charge in [-0.25, -0.2) is 8.78 Å². The first-order chi connectivity index (χ1) is 7.51. The minimum absolute atomic E-state index is 0.0249. The zero-order chi connectivity index (χ0) is 12.3. The van der Waals surface area contributed by atoms with Gasteiger partial charge in [0.2, 0.25) is 0 Å². The largest absolute Gasteiger partial charge is 0.352 e. The third kappa shape index (κ3) is 2.46. The Morgan fingerprint density at radius 2 is 1.88 bits per heavy atom. The summed E-state index contributed by atoms with van der Waals surface area (Å²) in [5.74, 6) is -3.49. The van der Waals surface area contributed by atoms with Crippen LogP contribution in [0.25, 0.3) is 0 Å². The molecular formula is C11H15F3N2. The van der Waals surface area contributed by atoms with E-state index in [1.165, 1.54) is 0 Å². The molecule has 0 bridgehead atoms. The van der Waals surface area contributed by atoms with Crippen molar-refractivity contribution in [2.75, 3.05) is 11.4 Å². The summed E-state index contributed by atoms with van der Waals surface area (Å²) in [4.78, 5) is 4.93. The molecule has 1 aromatic heterocycles. The van der Waals surface area contributed by atoms with Gasteiger partial charge < -0.3 is 4.90 Å². The number of pyridine rings is 1. The van der Waals surface area contributed by atoms with Crippen LogP contribution in [0.1, 0.15) is 27.2 Å². The third-order valence-electron chi connectivity index (χ3n) is 2.60. The molecule has 0 aromatic carbocycles. The molecule has 0 radical (unpaired) electrons. The number of nitrogens with zero attached hydrogens (tertiary/aromatic N) is 2. The second kappa shape index (κ2) is 5.18. The Hall–Kier alpha value is -1.26. The number of rotatable bonds is 4. The highest BCUT2D eigenvalue weighted by atomic mass is 19.2. The Morgan fingerprint density at radius 3 is 2.38 bits per heavy atom. The SMILES string of the molecule is CCC(C)N(CC)c1nc(F)c(F)cc1F. The fourth-order valence-corrected chi connectivity index (χ4v) is 1.53. The lowest BCUT2D eigenvalue weighted by atomic mass is 10.2. The normalized spacial score (nSPS) is 12.6. The molecule has 90 valence electrons. The standard InChI is InChI=1S/C11H15F3N2/c1-4-7(3)16(5-2)11-9(13)6-8(12)10(14)15-11/h6-7H,4-5H2,1-3H3. The monoisotopic (exact) mass is 232 g/mol. The topological polar surface area (TPSA) is 16.1 Å². The van der Waals surface area contributed by atoms with Gasteiger partial charge in [0.1, 0.15) is 0 Å². The van der Waals surface area contributed by atoms with Gasteiger partial charge >= 0.3 is 0 Å². The van der Waals surface area contributed by atoms with Crippen molar-refractivity contribution < 1.29 is 13.2 Å². The Labute approximate surface area is 93.1 Å². The van der Waals surface area contributed by atoms with Crippen molar-refractivity contribution in [3.05, 3.63) is 23.6 Å². The highest BCUT2D eigenvalue weighted by molar-refractivity contribution is 5.41. The second-order valence-corrected chi connectivity index (χ2v) is 3.61. The predicted octanol–water partition coefficient (Wildman–Crippen LogP) is 3.12. The molecule has 0 aliphatic carbocycles. The molecule has 1 rings (SSSR count). The fourth-order valence-electron chi connectivity index (χ4n) is 1.53. The zero-order valence-electron chi connectivity index (χ0n) is 9.60. The molecule has 1 unspecified atom stereocenters. The first-order valence-electron chi connectivity index (χ1n) is 5.29. The Morgan fingerprint density at radius 1 is 1.25 bits per heavy atom. The van der Waals surface area contributed by atoms with Gasteiger partial charge in [0.25, 0.3) is 5.95 Å². The molecule has 0 spiro atoms. The predicted molar refractivity (Wildman–Crippen MR) is 56.9 cm³/mol.